The maximum Gasteiger partial charge on any atom is 0.303 e. The fourth-order valence-corrected chi connectivity index (χ4v) is 2.84. The third-order valence-corrected chi connectivity index (χ3v) is 4.11. The molecule has 0 spiro atoms. The van der Waals surface area contributed by atoms with E-state index in [4.69, 9.17) is 5.11 Å². The van der Waals surface area contributed by atoms with E-state index in [1.54, 1.807) is 0 Å². The second kappa shape index (κ2) is 7.51. The van der Waals surface area contributed by atoms with Crippen LogP contribution in [-0.2, 0) is 9.59 Å². The number of carbonyl (C=O) groups excluding carboxylic acids is 1. The Bertz CT molecular complexity index is 315. The lowest BCUT2D eigenvalue weighted by Crippen LogP contribution is -2.33. The number of rotatable bonds is 5. The van der Waals surface area contributed by atoms with E-state index in [0.29, 0.717) is 18.3 Å². The third-order valence-electron chi connectivity index (χ3n) is 4.11. The van der Waals surface area contributed by atoms with Gasteiger partial charge in [0.15, 0.2) is 0 Å². The monoisotopic (exact) mass is 269 g/mol. The molecule has 110 valence electrons. The van der Waals surface area contributed by atoms with Crippen molar-refractivity contribution >= 4 is 11.9 Å². The van der Waals surface area contributed by atoms with Gasteiger partial charge < -0.3 is 10.0 Å². The first-order valence-corrected chi connectivity index (χ1v) is 7.39. The highest BCUT2D eigenvalue weighted by atomic mass is 16.4. The van der Waals surface area contributed by atoms with Gasteiger partial charge in [-0.15, -0.1) is 0 Å². The van der Waals surface area contributed by atoms with Crippen molar-refractivity contribution in [3.63, 3.8) is 0 Å². The summed E-state index contributed by atoms with van der Waals surface area (Å²) >= 11 is 0. The van der Waals surface area contributed by atoms with Crippen molar-refractivity contribution < 1.29 is 14.7 Å². The molecule has 1 saturated heterocycles. The number of carboxylic acids is 1. The Hall–Kier alpha value is -1.06. The summed E-state index contributed by atoms with van der Waals surface area (Å²) in [4.78, 5) is 24.7. The number of amides is 1. The quantitative estimate of drug-likeness (QED) is 0.835. The summed E-state index contributed by atoms with van der Waals surface area (Å²) in [5.41, 5.74) is 0. The predicted molar refractivity (Wildman–Crippen MR) is 74.8 cm³/mol. The van der Waals surface area contributed by atoms with E-state index in [-0.39, 0.29) is 18.2 Å². The minimum absolute atomic E-state index is 0.0749. The first-order chi connectivity index (χ1) is 8.90. The van der Waals surface area contributed by atoms with Crippen LogP contribution in [0.4, 0.5) is 0 Å². The molecule has 0 saturated carbocycles. The average molecular weight is 269 g/mol. The molecular formula is C15H27NO3. The molecule has 2 atom stereocenters. The molecule has 0 aromatic carbocycles. The van der Waals surface area contributed by atoms with E-state index >= 15 is 0 Å². The topological polar surface area (TPSA) is 57.6 Å². The molecule has 1 aliphatic heterocycles. The minimum atomic E-state index is -0.823. The van der Waals surface area contributed by atoms with E-state index in [1.807, 2.05) is 11.8 Å². The van der Waals surface area contributed by atoms with Crippen molar-refractivity contribution in [3.8, 4) is 0 Å². The first-order valence-electron chi connectivity index (χ1n) is 7.39. The van der Waals surface area contributed by atoms with Gasteiger partial charge in [-0.1, -0.05) is 20.8 Å². The highest BCUT2D eigenvalue weighted by molar-refractivity contribution is 5.77. The number of carbonyl (C=O) groups is 2. The summed E-state index contributed by atoms with van der Waals surface area (Å²) in [6.07, 6.45) is 3.79. The van der Waals surface area contributed by atoms with Crippen molar-refractivity contribution in [2.45, 2.75) is 52.9 Å². The molecule has 1 fully saturated rings. The van der Waals surface area contributed by atoms with Gasteiger partial charge in [-0.25, -0.2) is 0 Å². The van der Waals surface area contributed by atoms with Gasteiger partial charge in [0.25, 0.3) is 0 Å². The number of nitrogens with zero attached hydrogens (tertiary/aromatic N) is 1. The van der Waals surface area contributed by atoms with Crippen LogP contribution in [0.25, 0.3) is 0 Å². The van der Waals surface area contributed by atoms with Crippen LogP contribution in [0.2, 0.25) is 0 Å². The Kier molecular flexibility index (Phi) is 6.32. The predicted octanol–water partition coefficient (Wildman–Crippen LogP) is 2.77. The van der Waals surface area contributed by atoms with Crippen LogP contribution < -0.4 is 0 Å². The molecular weight excluding hydrogens is 242 g/mol. The van der Waals surface area contributed by atoms with Gasteiger partial charge in [-0.3, -0.25) is 9.59 Å². The number of carboxylic acid groups (broad SMARTS) is 1. The van der Waals surface area contributed by atoms with Crippen LogP contribution in [0.15, 0.2) is 0 Å². The largest absolute Gasteiger partial charge is 0.481 e. The molecule has 1 amide bonds. The Morgan fingerprint density at radius 2 is 1.84 bits per heavy atom. The van der Waals surface area contributed by atoms with Crippen LogP contribution in [0.1, 0.15) is 52.9 Å². The van der Waals surface area contributed by atoms with Crippen LogP contribution in [-0.4, -0.2) is 35.0 Å². The van der Waals surface area contributed by atoms with E-state index in [2.05, 4.69) is 13.8 Å². The van der Waals surface area contributed by atoms with E-state index in [1.165, 1.54) is 6.42 Å². The maximum atomic E-state index is 12.2. The zero-order valence-corrected chi connectivity index (χ0v) is 12.4. The molecule has 0 aromatic rings. The normalized spacial score (nSPS) is 22.1. The van der Waals surface area contributed by atoms with Gasteiger partial charge in [-0.2, -0.15) is 0 Å². The second-order valence-corrected chi connectivity index (χ2v) is 6.22. The molecule has 4 heteroatoms. The summed E-state index contributed by atoms with van der Waals surface area (Å²) in [6.45, 7) is 8.00. The van der Waals surface area contributed by atoms with Gasteiger partial charge in [0, 0.05) is 25.9 Å². The van der Waals surface area contributed by atoms with Gasteiger partial charge >= 0.3 is 5.97 Å². The second-order valence-electron chi connectivity index (χ2n) is 6.22. The zero-order valence-electron chi connectivity index (χ0n) is 12.4. The SMILES string of the molecule is CC(CC(=O)O)CC(=O)N1CCCC(C(C)C)CC1. The summed E-state index contributed by atoms with van der Waals surface area (Å²) < 4.78 is 0. The summed E-state index contributed by atoms with van der Waals surface area (Å²) in [5, 5.41) is 8.72. The summed E-state index contributed by atoms with van der Waals surface area (Å²) in [6, 6.07) is 0. The smallest absolute Gasteiger partial charge is 0.303 e. The van der Waals surface area contributed by atoms with E-state index in [9.17, 15) is 9.59 Å². The van der Waals surface area contributed by atoms with Gasteiger partial charge in [-0.05, 0) is 37.0 Å². The highest BCUT2D eigenvalue weighted by Gasteiger charge is 2.23. The van der Waals surface area contributed by atoms with E-state index < -0.39 is 5.97 Å². The molecule has 1 N–H and O–H groups in total. The van der Waals surface area contributed by atoms with Crippen LogP contribution >= 0.6 is 0 Å². The maximum absolute atomic E-state index is 12.2. The Labute approximate surface area is 116 Å². The van der Waals surface area contributed by atoms with Gasteiger partial charge in [0.2, 0.25) is 5.91 Å². The lowest BCUT2D eigenvalue weighted by molar-refractivity contribution is -0.138. The van der Waals surface area contributed by atoms with Crippen molar-refractivity contribution in [1.82, 2.24) is 4.90 Å². The molecule has 1 heterocycles. The number of aliphatic carboxylic acids is 1. The number of hydrogen-bond acceptors (Lipinski definition) is 2. The molecule has 0 aliphatic carbocycles. The third kappa shape index (κ3) is 5.62. The first kappa shape index (κ1) is 16.0. The van der Waals surface area contributed by atoms with Crippen LogP contribution in [0.3, 0.4) is 0 Å². The molecule has 19 heavy (non-hydrogen) atoms. The Morgan fingerprint density at radius 3 is 2.42 bits per heavy atom. The highest BCUT2D eigenvalue weighted by Crippen LogP contribution is 2.25. The molecule has 0 radical (unpaired) electrons. The fraction of sp³-hybridized carbons (Fsp3) is 0.867. The molecule has 1 aliphatic rings. The standard InChI is InChI=1S/C15H27NO3/c1-11(2)13-5-4-7-16(8-6-13)14(17)9-12(3)10-15(18)19/h11-13H,4-10H2,1-3H3,(H,18,19). The summed E-state index contributed by atoms with van der Waals surface area (Å²) in [7, 11) is 0. The Balaban J connectivity index is 2.42. The lowest BCUT2D eigenvalue weighted by atomic mass is 9.89. The average Bonchev–Trinajstić information content (AvgIpc) is 2.52. The fourth-order valence-electron chi connectivity index (χ4n) is 2.84. The number of likely N-dealkylation sites (tertiary alicyclic amines) is 1. The van der Waals surface area contributed by atoms with E-state index in [0.717, 1.165) is 25.9 Å². The Morgan fingerprint density at radius 1 is 1.16 bits per heavy atom. The molecule has 1 rings (SSSR count). The van der Waals surface area contributed by atoms with Crippen LogP contribution in [0.5, 0.6) is 0 Å². The van der Waals surface area contributed by atoms with Crippen molar-refractivity contribution in [3.05, 3.63) is 0 Å². The lowest BCUT2D eigenvalue weighted by Gasteiger charge is -2.23. The number of hydrogen-bond donors (Lipinski definition) is 1. The van der Waals surface area contributed by atoms with Crippen molar-refractivity contribution in [1.29, 1.82) is 0 Å². The minimum Gasteiger partial charge on any atom is -0.481 e. The van der Waals surface area contributed by atoms with Crippen molar-refractivity contribution in [2.24, 2.45) is 17.8 Å². The van der Waals surface area contributed by atoms with Gasteiger partial charge in [0.05, 0.1) is 0 Å². The molecule has 0 bridgehead atoms. The van der Waals surface area contributed by atoms with Gasteiger partial charge in [0.1, 0.15) is 0 Å². The molecule has 0 aromatic heterocycles. The summed E-state index contributed by atoms with van der Waals surface area (Å²) in [5.74, 6) is 0.624. The van der Waals surface area contributed by atoms with Crippen molar-refractivity contribution in [2.75, 3.05) is 13.1 Å². The zero-order chi connectivity index (χ0) is 14.4. The molecule has 4 nitrogen and oxygen atoms in total. The molecule has 2 unspecified atom stereocenters. The van der Waals surface area contributed by atoms with Crippen LogP contribution in [0, 0.1) is 17.8 Å².